The van der Waals surface area contributed by atoms with Crippen molar-refractivity contribution in [3.63, 3.8) is 0 Å². The minimum absolute atomic E-state index is 0.0753. The molecule has 1 saturated heterocycles. The molecule has 1 saturated carbocycles. The molecule has 1 aromatic carbocycles. The highest BCUT2D eigenvalue weighted by Crippen LogP contribution is 2.52. The van der Waals surface area contributed by atoms with Crippen LogP contribution in [0.5, 0.6) is 0 Å². The summed E-state index contributed by atoms with van der Waals surface area (Å²) in [5.74, 6) is 1.46. The number of aromatic nitrogens is 5. The number of amides is 1. The third kappa shape index (κ3) is 4.82. The number of pyridine rings is 1. The van der Waals surface area contributed by atoms with E-state index in [0.29, 0.717) is 17.5 Å². The molecule has 190 valence electrons. The van der Waals surface area contributed by atoms with E-state index >= 15 is 0 Å². The van der Waals surface area contributed by atoms with Gasteiger partial charge in [-0.15, -0.1) is 21.5 Å². The molecule has 2 bridgehead atoms. The smallest absolute Gasteiger partial charge is 0.273 e. The van der Waals surface area contributed by atoms with Gasteiger partial charge in [0.25, 0.3) is 5.91 Å². The molecule has 1 aliphatic carbocycles. The van der Waals surface area contributed by atoms with Gasteiger partial charge in [-0.05, 0) is 54.4 Å². The van der Waals surface area contributed by atoms with Crippen molar-refractivity contribution in [1.29, 1.82) is 0 Å². The molecule has 9 heteroatoms. The topological polar surface area (TPSA) is 76.8 Å². The average Bonchev–Trinajstić information content (AvgIpc) is 3.58. The number of hydrogen-bond acceptors (Lipinski definition) is 7. The van der Waals surface area contributed by atoms with E-state index in [2.05, 4.69) is 45.4 Å². The summed E-state index contributed by atoms with van der Waals surface area (Å²) in [7, 11) is 0. The molecule has 6 rings (SSSR count). The first-order valence-electron chi connectivity index (χ1n) is 12.6. The summed E-state index contributed by atoms with van der Waals surface area (Å²) in [6.45, 7) is 7.83. The summed E-state index contributed by atoms with van der Waals surface area (Å²) < 4.78 is 2.06. The fourth-order valence-electron chi connectivity index (χ4n) is 6.31. The van der Waals surface area contributed by atoms with Crippen molar-refractivity contribution in [2.75, 3.05) is 6.54 Å². The Balaban J connectivity index is 1.21. The number of likely N-dealkylation sites (tertiary alicyclic amines) is 1. The van der Waals surface area contributed by atoms with Gasteiger partial charge in [0, 0.05) is 41.6 Å². The lowest BCUT2D eigenvalue weighted by Gasteiger charge is -2.39. The number of carbonyl (C=O) groups is 1. The van der Waals surface area contributed by atoms with Gasteiger partial charge in [0.15, 0.2) is 11.0 Å². The van der Waals surface area contributed by atoms with E-state index in [-0.39, 0.29) is 16.7 Å². The van der Waals surface area contributed by atoms with Gasteiger partial charge in [-0.1, -0.05) is 50.7 Å². The molecule has 1 aliphatic heterocycles. The van der Waals surface area contributed by atoms with Crippen LogP contribution >= 0.6 is 23.1 Å². The average molecular weight is 531 g/mol. The van der Waals surface area contributed by atoms with Crippen LogP contribution in [0.4, 0.5) is 0 Å². The maximum Gasteiger partial charge on any atom is 0.273 e. The lowest BCUT2D eigenvalue weighted by Crippen LogP contribution is -2.37. The van der Waals surface area contributed by atoms with Gasteiger partial charge in [-0.25, -0.2) is 4.98 Å². The fraction of sp³-hybridized carbons (Fsp3) is 0.393. The summed E-state index contributed by atoms with van der Waals surface area (Å²) in [6, 6.07) is 14.3. The zero-order valence-corrected chi connectivity index (χ0v) is 22.9. The van der Waals surface area contributed by atoms with E-state index in [1.807, 2.05) is 47.8 Å². The predicted molar refractivity (Wildman–Crippen MR) is 147 cm³/mol. The van der Waals surface area contributed by atoms with Crippen LogP contribution in [0.25, 0.3) is 17.1 Å². The van der Waals surface area contributed by atoms with Gasteiger partial charge < -0.3 is 4.90 Å². The second kappa shape index (κ2) is 9.36. The van der Waals surface area contributed by atoms with Crippen LogP contribution in [0.2, 0.25) is 0 Å². The number of rotatable bonds is 6. The van der Waals surface area contributed by atoms with Crippen molar-refractivity contribution in [3.8, 4) is 17.1 Å². The standard InChI is InChI=1S/C28H30N6OS2/c1-27(2)13-21-14-28(3,17-27)18-33(21)25(35)22-15-36-23(30-22)16-37-26-32-31-24(19-9-11-29-12-10-19)34(26)20-7-5-4-6-8-20/h4-12,15,21H,13-14,16-18H2,1-3H3. The third-order valence-corrected chi connectivity index (χ3v) is 9.33. The third-order valence-electron chi connectivity index (χ3n) is 7.36. The summed E-state index contributed by atoms with van der Waals surface area (Å²) in [4.78, 5) is 24.4. The Kier molecular flexibility index (Phi) is 6.15. The molecule has 0 N–H and O–H groups in total. The minimum atomic E-state index is 0.0753. The van der Waals surface area contributed by atoms with Crippen LogP contribution in [0, 0.1) is 10.8 Å². The second-order valence-electron chi connectivity index (χ2n) is 11.3. The zero-order chi connectivity index (χ0) is 25.6. The number of nitrogens with zero attached hydrogens (tertiary/aromatic N) is 6. The first-order chi connectivity index (χ1) is 17.8. The van der Waals surface area contributed by atoms with Crippen molar-refractivity contribution < 1.29 is 4.79 Å². The molecule has 2 unspecified atom stereocenters. The summed E-state index contributed by atoms with van der Waals surface area (Å²) >= 11 is 3.12. The number of hydrogen-bond donors (Lipinski definition) is 0. The molecular formula is C28H30N6OS2. The van der Waals surface area contributed by atoms with Gasteiger partial charge in [-0.2, -0.15) is 0 Å². The molecular weight excluding hydrogens is 500 g/mol. The van der Waals surface area contributed by atoms with Crippen LogP contribution in [0.3, 0.4) is 0 Å². The Morgan fingerprint density at radius 3 is 2.65 bits per heavy atom. The van der Waals surface area contributed by atoms with Crippen LogP contribution in [-0.2, 0) is 5.75 Å². The number of benzene rings is 1. The van der Waals surface area contributed by atoms with Crippen LogP contribution in [0.15, 0.2) is 65.4 Å². The molecule has 2 aliphatic rings. The van der Waals surface area contributed by atoms with E-state index in [9.17, 15) is 4.79 Å². The summed E-state index contributed by atoms with van der Waals surface area (Å²) in [5.41, 5.74) is 3.00. The Bertz CT molecular complexity index is 1420. The van der Waals surface area contributed by atoms with Crippen molar-refractivity contribution in [2.24, 2.45) is 10.8 Å². The summed E-state index contributed by atoms with van der Waals surface area (Å²) in [5, 5.41) is 12.6. The monoisotopic (exact) mass is 530 g/mol. The maximum atomic E-state index is 13.5. The SMILES string of the molecule is CC1(C)CC2CC(C)(CN2C(=O)c2csc(CSc3nnc(-c4ccncc4)n3-c3ccccc3)n2)C1. The van der Waals surface area contributed by atoms with E-state index in [0.717, 1.165) is 46.6 Å². The van der Waals surface area contributed by atoms with Gasteiger partial charge in [-0.3, -0.25) is 14.3 Å². The molecule has 3 aromatic heterocycles. The maximum absolute atomic E-state index is 13.5. The normalized spacial score (nSPS) is 22.4. The predicted octanol–water partition coefficient (Wildman–Crippen LogP) is 6.12. The molecule has 2 atom stereocenters. The largest absolute Gasteiger partial charge is 0.334 e. The van der Waals surface area contributed by atoms with Gasteiger partial charge >= 0.3 is 0 Å². The molecule has 4 aromatic rings. The second-order valence-corrected chi connectivity index (χ2v) is 13.2. The van der Waals surface area contributed by atoms with Gasteiger partial charge in [0.05, 0.1) is 5.75 Å². The molecule has 0 radical (unpaired) electrons. The Labute approximate surface area is 225 Å². The number of carbonyl (C=O) groups excluding carboxylic acids is 1. The molecule has 37 heavy (non-hydrogen) atoms. The van der Waals surface area contributed by atoms with Crippen molar-refractivity contribution in [3.05, 3.63) is 70.9 Å². The lowest BCUT2D eigenvalue weighted by molar-refractivity contribution is 0.0703. The molecule has 7 nitrogen and oxygen atoms in total. The Morgan fingerprint density at radius 2 is 1.86 bits per heavy atom. The quantitative estimate of drug-likeness (QED) is 0.280. The van der Waals surface area contributed by atoms with Crippen molar-refractivity contribution in [2.45, 2.75) is 57.0 Å². The highest BCUT2D eigenvalue weighted by molar-refractivity contribution is 7.98. The minimum Gasteiger partial charge on any atom is -0.334 e. The Morgan fingerprint density at radius 1 is 1.08 bits per heavy atom. The molecule has 2 fully saturated rings. The zero-order valence-electron chi connectivity index (χ0n) is 21.3. The fourth-order valence-corrected chi connectivity index (χ4v) is 8.05. The van der Waals surface area contributed by atoms with Crippen molar-refractivity contribution in [1.82, 2.24) is 29.6 Å². The Hall–Kier alpha value is -3.04. The summed E-state index contributed by atoms with van der Waals surface area (Å²) in [6.07, 6.45) is 6.86. The number of para-hydroxylation sites is 1. The van der Waals surface area contributed by atoms with E-state index < -0.39 is 0 Å². The van der Waals surface area contributed by atoms with Crippen LogP contribution in [-0.4, -0.2) is 48.1 Å². The lowest BCUT2D eigenvalue weighted by atomic mass is 9.65. The van der Waals surface area contributed by atoms with Gasteiger partial charge in [0.2, 0.25) is 0 Å². The van der Waals surface area contributed by atoms with Crippen LogP contribution in [0.1, 0.15) is 55.5 Å². The van der Waals surface area contributed by atoms with Crippen LogP contribution < -0.4 is 0 Å². The van der Waals surface area contributed by atoms with Crippen molar-refractivity contribution >= 4 is 29.0 Å². The first kappa shape index (κ1) is 24.3. The number of thiazole rings is 1. The van der Waals surface area contributed by atoms with E-state index in [1.165, 1.54) is 17.8 Å². The molecule has 0 spiro atoms. The first-order valence-corrected chi connectivity index (χ1v) is 14.5. The van der Waals surface area contributed by atoms with E-state index in [1.54, 1.807) is 24.2 Å². The van der Waals surface area contributed by atoms with E-state index in [4.69, 9.17) is 4.98 Å². The van der Waals surface area contributed by atoms with Gasteiger partial charge in [0.1, 0.15) is 10.7 Å². The molecule has 1 amide bonds. The molecule has 4 heterocycles. The number of fused-ring (bicyclic) bond motifs is 2. The highest BCUT2D eigenvalue weighted by atomic mass is 32.2. The number of thioether (sulfide) groups is 1. The highest BCUT2D eigenvalue weighted by Gasteiger charge is 2.51.